The zero-order valence-corrected chi connectivity index (χ0v) is 10.0. The molecule has 2 rings (SSSR count). The number of carbonyl (C=O) groups excluding carboxylic acids is 1. The van der Waals surface area contributed by atoms with Crippen LogP contribution in [0, 0.1) is 0 Å². The number of carbonyl (C=O) groups is 1. The number of aromatic amines is 1. The highest BCUT2D eigenvalue weighted by molar-refractivity contribution is 5.97. The maximum atomic E-state index is 12.4. The number of imidazole rings is 1. The summed E-state index contributed by atoms with van der Waals surface area (Å²) in [5.74, 6) is -0.536. The molecule has 0 aliphatic heterocycles. The molecule has 0 fully saturated rings. The Morgan fingerprint density at radius 3 is 2.95 bits per heavy atom. The Labute approximate surface area is 107 Å². The molecule has 5 nitrogen and oxygen atoms in total. The van der Waals surface area contributed by atoms with E-state index in [-0.39, 0.29) is 18.7 Å². The van der Waals surface area contributed by atoms with Crippen LogP contribution in [0.5, 0.6) is 0 Å². The van der Waals surface area contributed by atoms with Gasteiger partial charge in [0.25, 0.3) is 12.3 Å². The Kier molecular flexibility index (Phi) is 4.06. The third-order valence-electron chi connectivity index (χ3n) is 2.68. The van der Waals surface area contributed by atoms with E-state index in [0.29, 0.717) is 11.0 Å². The Balaban J connectivity index is 2.24. The lowest BCUT2D eigenvalue weighted by Crippen LogP contribution is -2.37. The van der Waals surface area contributed by atoms with Crippen LogP contribution in [0.1, 0.15) is 10.4 Å². The van der Waals surface area contributed by atoms with Gasteiger partial charge in [0.1, 0.15) is 0 Å². The highest BCUT2D eigenvalue weighted by Crippen LogP contribution is 2.14. The van der Waals surface area contributed by atoms with Crippen molar-refractivity contribution < 1.29 is 18.7 Å². The summed E-state index contributed by atoms with van der Waals surface area (Å²) in [6, 6.07) is 4.72. The second-order valence-corrected chi connectivity index (χ2v) is 4.00. The number of halogens is 2. The number of rotatable bonds is 5. The molecule has 7 heteroatoms. The minimum Gasteiger partial charge on any atom is -0.395 e. The van der Waals surface area contributed by atoms with Gasteiger partial charge in [0.2, 0.25) is 0 Å². The van der Waals surface area contributed by atoms with Gasteiger partial charge in [-0.15, -0.1) is 0 Å². The summed E-state index contributed by atoms with van der Waals surface area (Å²) in [6.45, 7) is -1.17. The molecule has 102 valence electrons. The number of H-pyrrole nitrogens is 1. The number of hydrogen-bond donors (Lipinski definition) is 2. The van der Waals surface area contributed by atoms with Crippen molar-refractivity contribution in [2.75, 3.05) is 19.7 Å². The number of aliphatic hydroxyl groups is 1. The zero-order valence-electron chi connectivity index (χ0n) is 10.0. The molecule has 1 aromatic carbocycles. The van der Waals surface area contributed by atoms with Crippen molar-refractivity contribution in [2.24, 2.45) is 0 Å². The highest BCUT2D eigenvalue weighted by Gasteiger charge is 2.19. The van der Waals surface area contributed by atoms with Crippen LogP contribution in [0.25, 0.3) is 11.0 Å². The van der Waals surface area contributed by atoms with Crippen molar-refractivity contribution in [2.45, 2.75) is 6.43 Å². The number of fused-ring (bicyclic) bond motifs is 1. The van der Waals surface area contributed by atoms with Gasteiger partial charge < -0.3 is 15.0 Å². The fourth-order valence-electron chi connectivity index (χ4n) is 1.81. The number of aliphatic hydroxyl groups excluding tert-OH is 1. The van der Waals surface area contributed by atoms with Gasteiger partial charge in [-0.3, -0.25) is 4.79 Å². The van der Waals surface area contributed by atoms with E-state index in [4.69, 9.17) is 5.11 Å². The van der Waals surface area contributed by atoms with Gasteiger partial charge in [0.05, 0.1) is 30.5 Å². The summed E-state index contributed by atoms with van der Waals surface area (Å²) in [4.78, 5) is 19.9. The fourth-order valence-corrected chi connectivity index (χ4v) is 1.81. The first-order valence-corrected chi connectivity index (χ1v) is 5.73. The highest BCUT2D eigenvalue weighted by atomic mass is 19.3. The van der Waals surface area contributed by atoms with Crippen LogP contribution in [0.2, 0.25) is 0 Å². The van der Waals surface area contributed by atoms with E-state index in [9.17, 15) is 13.6 Å². The molecular formula is C12H13F2N3O2. The number of hydrogen-bond acceptors (Lipinski definition) is 3. The van der Waals surface area contributed by atoms with E-state index < -0.39 is 18.9 Å². The Morgan fingerprint density at radius 1 is 1.47 bits per heavy atom. The molecule has 1 aromatic heterocycles. The lowest BCUT2D eigenvalue weighted by Gasteiger charge is -2.21. The van der Waals surface area contributed by atoms with E-state index >= 15 is 0 Å². The first-order valence-electron chi connectivity index (χ1n) is 5.73. The van der Waals surface area contributed by atoms with E-state index in [0.717, 1.165) is 4.90 Å². The minimum absolute atomic E-state index is 0.121. The van der Waals surface area contributed by atoms with Crippen LogP contribution < -0.4 is 0 Å². The number of alkyl halides is 2. The number of amides is 1. The summed E-state index contributed by atoms with van der Waals surface area (Å²) >= 11 is 0. The van der Waals surface area contributed by atoms with E-state index in [2.05, 4.69) is 9.97 Å². The Morgan fingerprint density at radius 2 is 2.26 bits per heavy atom. The van der Waals surface area contributed by atoms with E-state index in [1.165, 1.54) is 12.4 Å². The Hall–Kier alpha value is -2.02. The molecule has 0 atom stereocenters. The van der Waals surface area contributed by atoms with Crippen molar-refractivity contribution >= 4 is 16.9 Å². The summed E-state index contributed by atoms with van der Waals surface area (Å²) in [5.41, 5.74) is 1.64. The predicted molar refractivity (Wildman–Crippen MR) is 65.1 cm³/mol. The molecule has 0 aliphatic rings. The lowest BCUT2D eigenvalue weighted by molar-refractivity contribution is 0.0509. The second-order valence-electron chi connectivity index (χ2n) is 4.00. The summed E-state index contributed by atoms with van der Waals surface area (Å²) in [5, 5.41) is 8.83. The van der Waals surface area contributed by atoms with E-state index in [1.807, 2.05) is 0 Å². The van der Waals surface area contributed by atoms with Crippen molar-refractivity contribution in [1.82, 2.24) is 14.9 Å². The summed E-state index contributed by atoms with van der Waals surface area (Å²) in [7, 11) is 0. The molecule has 0 aliphatic carbocycles. The molecule has 2 N–H and O–H groups in total. The van der Waals surface area contributed by atoms with Crippen molar-refractivity contribution in [3.05, 3.63) is 30.1 Å². The van der Waals surface area contributed by atoms with Crippen molar-refractivity contribution in [3.63, 3.8) is 0 Å². The van der Waals surface area contributed by atoms with Crippen molar-refractivity contribution in [1.29, 1.82) is 0 Å². The minimum atomic E-state index is -2.63. The molecule has 19 heavy (non-hydrogen) atoms. The van der Waals surface area contributed by atoms with Crippen LogP contribution in [0.3, 0.4) is 0 Å². The van der Waals surface area contributed by atoms with Crippen LogP contribution in [-0.2, 0) is 0 Å². The topological polar surface area (TPSA) is 69.2 Å². The molecule has 1 heterocycles. The second kappa shape index (κ2) is 5.75. The third kappa shape index (κ3) is 3.05. The number of aromatic nitrogens is 2. The van der Waals surface area contributed by atoms with Gasteiger partial charge in [-0.2, -0.15) is 0 Å². The first-order chi connectivity index (χ1) is 9.11. The van der Waals surface area contributed by atoms with Crippen LogP contribution in [-0.4, -0.2) is 52.0 Å². The van der Waals surface area contributed by atoms with Crippen LogP contribution in [0.4, 0.5) is 8.78 Å². The van der Waals surface area contributed by atoms with Gasteiger partial charge in [-0.05, 0) is 18.2 Å². The normalized spacial score (nSPS) is 11.2. The predicted octanol–water partition coefficient (Wildman–Crippen LogP) is 1.26. The van der Waals surface area contributed by atoms with Crippen molar-refractivity contribution in [3.8, 4) is 0 Å². The molecule has 0 unspecified atom stereocenters. The van der Waals surface area contributed by atoms with E-state index in [1.54, 1.807) is 12.1 Å². The smallest absolute Gasteiger partial charge is 0.255 e. The first kappa shape index (κ1) is 13.4. The number of nitrogens with one attached hydrogen (secondary N) is 1. The lowest BCUT2D eigenvalue weighted by atomic mass is 10.1. The van der Waals surface area contributed by atoms with Gasteiger partial charge >= 0.3 is 0 Å². The number of benzene rings is 1. The molecular weight excluding hydrogens is 256 g/mol. The molecule has 0 saturated carbocycles. The summed E-state index contributed by atoms with van der Waals surface area (Å²) < 4.78 is 24.8. The molecule has 0 saturated heterocycles. The molecule has 0 bridgehead atoms. The maximum absolute atomic E-state index is 12.4. The van der Waals surface area contributed by atoms with Crippen LogP contribution >= 0.6 is 0 Å². The quantitative estimate of drug-likeness (QED) is 0.858. The Bertz CT molecular complexity index is 571. The van der Waals surface area contributed by atoms with Gasteiger partial charge in [-0.1, -0.05) is 0 Å². The molecule has 0 spiro atoms. The zero-order chi connectivity index (χ0) is 13.8. The molecule has 0 radical (unpaired) electrons. The molecule has 1 amide bonds. The average molecular weight is 269 g/mol. The third-order valence-corrected chi connectivity index (χ3v) is 2.68. The van der Waals surface area contributed by atoms with Gasteiger partial charge in [0.15, 0.2) is 0 Å². The summed E-state index contributed by atoms with van der Waals surface area (Å²) in [6.07, 6.45) is -1.14. The SMILES string of the molecule is O=C(c1ccc2nc[nH]c2c1)N(CCO)CC(F)F. The van der Waals surface area contributed by atoms with Gasteiger partial charge in [0, 0.05) is 12.1 Å². The molecule has 2 aromatic rings. The average Bonchev–Trinajstić information content (AvgIpc) is 2.84. The monoisotopic (exact) mass is 269 g/mol. The fraction of sp³-hybridized carbons (Fsp3) is 0.333. The van der Waals surface area contributed by atoms with Crippen LogP contribution in [0.15, 0.2) is 24.5 Å². The largest absolute Gasteiger partial charge is 0.395 e. The maximum Gasteiger partial charge on any atom is 0.255 e. The van der Waals surface area contributed by atoms with Gasteiger partial charge in [-0.25, -0.2) is 13.8 Å². The standard InChI is InChI=1S/C12H13F2N3O2/c13-11(14)6-17(3-4-18)12(19)8-1-2-9-10(5-8)16-7-15-9/h1-2,5,7,11,18H,3-4,6H2,(H,15,16). The number of nitrogens with zero attached hydrogens (tertiary/aromatic N) is 2.